The first-order valence-corrected chi connectivity index (χ1v) is 10.3. The van der Waals surface area contributed by atoms with Crippen LogP contribution >= 0.6 is 11.3 Å². The van der Waals surface area contributed by atoms with Crippen LogP contribution in [0.5, 0.6) is 0 Å². The van der Waals surface area contributed by atoms with Crippen LogP contribution in [-0.2, 0) is 20.7 Å². The first kappa shape index (κ1) is 21.2. The smallest absolute Gasteiger partial charge is 0.304 e. The first-order chi connectivity index (χ1) is 13.2. The Hall–Kier alpha value is -1.55. The monoisotopic (exact) mass is 412 g/mol. The van der Waals surface area contributed by atoms with Crippen molar-refractivity contribution in [3.8, 4) is 0 Å². The highest BCUT2D eigenvalue weighted by Crippen LogP contribution is 2.62. The Balaban J connectivity index is 2.04. The standard InChI is InChI=1S/C19H28N2O6S/c1-18-5-4-13(23)19(2,9-22)12(18)7-11-16(10(18)6-15(25)26)21-17(28-11)20-14(24)8-27-3/h10,12-13,22-23H,4-9H2,1-3H3,(H,25,26)(H,20,21,24). The first-order valence-electron chi connectivity index (χ1n) is 9.44. The molecule has 2 aliphatic rings. The number of methoxy groups -OCH3 is 1. The number of ether oxygens (including phenoxy) is 1. The molecule has 4 N–H and O–H groups in total. The van der Waals surface area contributed by atoms with Crippen molar-refractivity contribution in [2.75, 3.05) is 25.6 Å². The summed E-state index contributed by atoms with van der Waals surface area (Å²) in [6, 6.07) is 0. The average Bonchev–Trinajstić information content (AvgIpc) is 3.02. The molecule has 1 aromatic rings. The number of hydrogen-bond acceptors (Lipinski definition) is 7. The quantitative estimate of drug-likeness (QED) is 0.559. The van der Waals surface area contributed by atoms with E-state index in [1.807, 2.05) is 6.92 Å². The molecule has 5 unspecified atom stereocenters. The minimum Gasteiger partial charge on any atom is -0.481 e. The number of hydrogen-bond donors (Lipinski definition) is 4. The Morgan fingerprint density at radius 3 is 2.71 bits per heavy atom. The Labute approximate surface area is 167 Å². The topological polar surface area (TPSA) is 129 Å². The molecule has 9 heteroatoms. The largest absolute Gasteiger partial charge is 0.481 e. The number of aromatic nitrogens is 1. The third-order valence-corrected chi connectivity index (χ3v) is 7.80. The summed E-state index contributed by atoms with van der Waals surface area (Å²) >= 11 is 1.33. The number of carboxylic acid groups (broad SMARTS) is 1. The maximum absolute atomic E-state index is 11.9. The van der Waals surface area contributed by atoms with E-state index < -0.39 is 22.9 Å². The number of anilines is 1. The zero-order valence-corrected chi connectivity index (χ0v) is 17.2. The fraction of sp³-hybridized carbons (Fsp3) is 0.737. The predicted octanol–water partition coefficient (Wildman–Crippen LogP) is 1.62. The number of thiazole rings is 1. The highest BCUT2D eigenvalue weighted by Gasteiger charge is 2.59. The van der Waals surface area contributed by atoms with E-state index in [0.29, 0.717) is 24.4 Å². The van der Waals surface area contributed by atoms with Crippen LogP contribution in [0.2, 0.25) is 0 Å². The van der Waals surface area contributed by atoms with E-state index in [9.17, 15) is 24.9 Å². The number of aliphatic hydroxyl groups excluding tert-OH is 2. The fourth-order valence-electron chi connectivity index (χ4n) is 5.16. The van der Waals surface area contributed by atoms with Gasteiger partial charge in [0.2, 0.25) is 0 Å². The van der Waals surface area contributed by atoms with E-state index in [-0.39, 0.29) is 37.4 Å². The Morgan fingerprint density at radius 2 is 2.11 bits per heavy atom. The van der Waals surface area contributed by atoms with E-state index in [1.54, 1.807) is 0 Å². The molecule has 28 heavy (non-hydrogen) atoms. The van der Waals surface area contributed by atoms with Crippen molar-refractivity contribution in [2.24, 2.45) is 16.7 Å². The Morgan fingerprint density at radius 1 is 1.39 bits per heavy atom. The summed E-state index contributed by atoms with van der Waals surface area (Å²) in [4.78, 5) is 29.0. The van der Waals surface area contributed by atoms with Crippen molar-refractivity contribution in [1.82, 2.24) is 4.98 Å². The van der Waals surface area contributed by atoms with E-state index in [1.165, 1.54) is 18.4 Å². The number of nitrogens with zero attached hydrogens (tertiary/aromatic N) is 1. The molecule has 0 saturated heterocycles. The molecule has 0 bridgehead atoms. The average molecular weight is 413 g/mol. The molecule has 1 amide bonds. The van der Waals surface area contributed by atoms with E-state index in [2.05, 4.69) is 17.2 Å². The van der Waals surface area contributed by atoms with E-state index in [0.717, 1.165) is 10.6 Å². The van der Waals surface area contributed by atoms with E-state index >= 15 is 0 Å². The molecule has 1 fully saturated rings. The lowest BCUT2D eigenvalue weighted by atomic mass is 9.47. The Bertz CT molecular complexity index is 768. The van der Waals surface area contributed by atoms with Crippen molar-refractivity contribution in [1.29, 1.82) is 0 Å². The normalized spacial score (nSPS) is 34.4. The molecule has 156 valence electrons. The van der Waals surface area contributed by atoms with Gasteiger partial charge in [0.05, 0.1) is 24.8 Å². The van der Waals surface area contributed by atoms with Crippen LogP contribution in [-0.4, -0.2) is 58.6 Å². The third-order valence-electron chi connectivity index (χ3n) is 6.79. The Kier molecular flexibility index (Phi) is 5.82. The zero-order chi connectivity index (χ0) is 20.7. The van der Waals surface area contributed by atoms with Gasteiger partial charge in [-0.1, -0.05) is 13.8 Å². The summed E-state index contributed by atoms with van der Waals surface area (Å²) in [7, 11) is 1.43. The van der Waals surface area contributed by atoms with Gasteiger partial charge in [0.25, 0.3) is 5.91 Å². The molecule has 0 aliphatic heterocycles. The molecular weight excluding hydrogens is 384 g/mol. The van der Waals surface area contributed by atoms with Gasteiger partial charge >= 0.3 is 5.97 Å². The molecule has 0 spiro atoms. The highest BCUT2D eigenvalue weighted by molar-refractivity contribution is 7.15. The predicted molar refractivity (Wildman–Crippen MR) is 103 cm³/mol. The molecule has 0 radical (unpaired) electrons. The van der Waals surface area contributed by atoms with Crippen molar-refractivity contribution in [2.45, 2.75) is 51.6 Å². The number of amides is 1. The second-order valence-electron chi connectivity index (χ2n) is 8.44. The van der Waals surface area contributed by atoms with Crippen LogP contribution in [0.25, 0.3) is 0 Å². The number of aliphatic carboxylic acids is 1. The summed E-state index contributed by atoms with van der Waals surface area (Å²) in [5.74, 6) is -1.66. The van der Waals surface area contributed by atoms with Crippen LogP contribution in [0.3, 0.4) is 0 Å². The lowest BCUT2D eigenvalue weighted by Crippen LogP contribution is -2.57. The second-order valence-corrected chi connectivity index (χ2v) is 9.52. The fourth-order valence-corrected chi connectivity index (χ4v) is 6.24. The van der Waals surface area contributed by atoms with Crippen LogP contribution in [0, 0.1) is 16.7 Å². The molecule has 8 nitrogen and oxygen atoms in total. The van der Waals surface area contributed by atoms with Crippen molar-refractivity contribution < 1.29 is 29.6 Å². The van der Waals surface area contributed by atoms with Gasteiger partial charge < -0.3 is 20.1 Å². The number of fused-ring (bicyclic) bond motifs is 2. The van der Waals surface area contributed by atoms with Crippen molar-refractivity contribution in [3.63, 3.8) is 0 Å². The molecule has 5 atom stereocenters. The molecule has 1 heterocycles. The number of aliphatic hydroxyl groups is 2. The van der Waals surface area contributed by atoms with Gasteiger partial charge in [0, 0.05) is 23.3 Å². The molecule has 1 saturated carbocycles. The number of rotatable bonds is 6. The van der Waals surface area contributed by atoms with Gasteiger partial charge in [0.15, 0.2) is 5.13 Å². The second kappa shape index (κ2) is 7.70. The maximum Gasteiger partial charge on any atom is 0.304 e. The van der Waals surface area contributed by atoms with Gasteiger partial charge in [-0.3, -0.25) is 14.9 Å². The van der Waals surface area contributed by atoms with Gasteiger partial charge in [0.1, 0.15) is 6.61 Å². The third kappa shape index (κ3) is 3.45. The highest BCUT2D eigenvalue weighted by atomic mass is 32.1. The van der Waals surface area contributed by atoms with Crippen LogP contribution < -0.4 is 5.32 Å². The summed E-state index contributed by atoms with van der Waals surface area (Å²) in [5.41, 5.74) is -0.412. The van der Waals surface area contributed by atoms with Crippen molar-refractivity contribution in [3.05, 3.63) is 10.6 Å². The number of carboxylic acids is 1. The zero-order valence-electron chi connectivity index (χ0n) is 16.4. The lowest BCUT2D eigenvalue weighted by Gasteiger charge is -2.58. The van der Waals surface area contributed by atoms with Gasteiger partial charge in [-0.15, -0.1) is 11.3 Å². The summed E-state index contributed by atoms with van der Waals surface area (Å²) < 4.78 is 4.83. The molecule has 2 aliphatic carbocycles. The van der Waals surface area contributed by atoms with Crippen LogP contribution in [0.1, 0.15) is 49.6 Å². The van der Waals surface area contributed by atoms with Crippen molar-refractivity contribution >= 4 is 28.3 Å². The van der Waals surface area contributed by atoms with Crippen LogP contribution in [0.4, 0.5) is 5.13 Å². The number of carbonyl (C=O) groups is 2. The van der Waals surface area contributed by atoms with Gasteiger partial charge in [-0.05, 0) is 30.6 Å². The number of carbonyl (C=O) groups excluding carboxylic acids is 1. The SMILES string of the molecule is COCC(=O)Nc1nc2c(s1)CC1C(C)(CO)C(O)CCC1(C)C2CC(=O)O. The minimum atomic E-state index is -0.910. The molecule has 0 aromatic carbocycles. The summed E-state index contributed by atoms with van der Waals surface area (Å²) in [6.07, 6.45) is 1.04. The summed E-state index contributed by atoms with van der Waals surface area (Å²) in [5, 5.41) is 33.4. The molecular formula is C19H28N2O6S. The summed E-state index contributed by atoms with van der Waals surface area (Å²) in [6.45, 7) is 3.68. The maximum atomic E-state index is 11.9. The molecule has 1 aromatic heterocycles. The van der Waals surface area contributed by atoms with Gasteiger partial charge in [-0.2, -0.15) is 0 Å². The van der Waals surface area contributed by atoms with E-state index in [4.69, 9.17) is 4.74 Å². The minimum absolute atomic E-state index is 0.0766. The van der Waals surface area contributed by atoms with Gasteiger partial charge in [-0.25, -0.2) is 4.98 Å². The van der Waals surface area contributed by atoms with Crippen LogP contribution in [0.15, 0.2) is 0 Å². The lowest BCUT2D eigenvalue weighted by molar-refractivity contribution is -0.150. The number of nitrogens with one attached hydrogen (secondary N) is 1. The molecule has 3 rings (SSSR count).